The number of anilines is 1. The van der Waals surface area contributed by atoms with Gasteiger partial charge >= 0.3 is 0 Å². The number of aromatic amines is 1. The van der Waals surface area contributed by atoms with Gasteiger partial charge in [0.1, 0.15) is 22.7 Å². The van der Waals surface area contributed by atoms with Crippen molar-refractivity contribution in [2.24, 2.45) is 0 Å². The number of hydrogen-bond donors (Lipinski definition) is 2. The summed E-state index contributed by atoms with van der Waals surface area (Å²) in [5.41, 5.74) is 8.37. The largest absolute Gasteiger partial charge is 0.303 e. The molecule has 29 heavy (non-hydrogen) atoms. The number of pyridine rings is 1. The molecule has 0 amide bonds. The first kappa shape index (κ1) is 19.0. The van der Waals surface area contributed by atoms with E-state index in [4.69, 9.17) is 0 Å². The molecule has 2 aromatic carbocycles. The monoisotopic (exact) mass is 383 g/mol. The van der Waals surface area contributed by atoms with Crippen LogP contribution in [-0.2, 0) is 6.42 Å². The summed E-state index contributed by atoms with van der Waals surface area (Å²) < 4.78 is 2.19. The predicted molar refractivity (Wildman–Crippen MR) is 118 cm³/mol. The number of hydrogen-bond acceptors (Lipinski definition) is 2. The Morgan fingerprint density at radius 3 is 2.52 bits per heavy atom. The second-order valence-electron chi connectivity index (χ2n) is 7.88. The zero-order chi connectivity index (χ0) is 20.5. The maximum atomic E-state index is 9.98. The number of nitrogens with zero attached hydrogens (tertiary/aromatic N) is 2. The number of para-hydroxylation sites is 2. The lowest BCUT2D eigenvalue weighted by Crippen LogP contribution is -2.32. The number of aryl methyl sites for hydroxylation is 1. The Hall–Kier alpha value is -3.32. The zero-order valence-corrected chi connectivity index (χ0v) is 17.5. The van der Waals surface area contributed by atoms with Crippen LogP contribution in [-0.4, -0.2) is 11.0 Å². The predicted octanol–water partition coefficient (Wildman–Crippen LogP) is 5.20. The number of imidazole rings is 1. The van der Waals surface area contributed by atoms with Crippen molar-refractivity contribution in [3.05, 3.63) is 76.3 Å². The number of benzene rings is 2. The molecule has 4 aromatic rings. The average molecular weight is 384 g/mol. The molecule has 2 aromatic heterocycles. The Morgan fingerprint density at radius 1 is 1.10 bits per heavy atom. The van der Waals surface area contributed by atoms with Gasteiger partial charge in [0.05, 0.1) is 6.04 Å². The lowest BCUT2D eigenvalue weighted by Gasteiger charge is -2.17. The van der Waals surface area contributed by atoms with Crippen molar-refractivity contribution in [2.75, 3.05) is 5.32 Å². The third-order valence-corrected chi connectivity index (χ3v) is 5.80. The Balaban J connectivity index is 2.05. The summed E-state index contributed by atoms with van der Waals surface area (Å²) in [5.74, 6) is 1.07. The van der Waals surface area contributed by atoms with E-state index in [2.05, 4.69) is 84.9 Å². The van der Waals surface area contributed by atoms with E-state index in [9.17, 15) is 5.26 Å². The van der Waals surface area contributed by atoms with Crippen LogP contribution in [0.3, 0.4) is 0 Å². The molecule has 1 atom stereocenters. The maximum absolute atomic E-state index is 9.98. The van der Waals surface area contributed by atoms with E-state index in [1.165, 1.54) is 16.7 Å². The van der Waals surface area contributed by atoms with E-state index < -0.39 is 0 Å². The number of fused-ring (bicyclic) bond motifs is 3. The third kappa shape index (κ3) is 3.34. The standard InChI is InChI=1S/C25H26N4/c1-5-17(3)27-24-20(14-19-12-10-16(2)11-13-19)18(4)21(15-26)25-28-22-8-6-7-9-23(22)29(24)25/h6-13,17H,5,14H2,1-4H3,(H,27,28)/p+1/t17-/m1/s1. The highest BCUT2D eigenvalue weighted by molar-refractivity contribution is 5.78. The molecule has 0 spiro atoms. The van der Waals surface area contributed by atoms with Gasteiger partial charge in [0.15, 0.2) is 0 Å². The molecule has 4 heteroatoms. The van der Waals surface area contributed by atoms with Gasteiger partial charge in [-0.05, 0) is 50.5 Å². The van der Waals surface area contributed by atoms with Gasteiger partial charge in [-0.2, -0.15) is 9.66 Å². The quantitative estimate of drug-likeness (QED) is 0.466. The van der Waals surface area contributed by atoms with Crippen molar-refractivity contribution in [3.63, 3.8) is 0 Å². The van der Waals surface area contributed by atoms with Gasteiger partial charge in [0, 0.05) is 12.0 Å². The van der Waals surface area contributed by atoms with Gasteiger partial charge in [0.2, 0.25) is 11.5 Å². The lowest BCUT2D eigenvalue weighted by molar-refractivity contribution is -0.465. The summed E-state index contributed by atoms with van der Waals surface area (Å²) >= 11 is 0. The molecule has 4 nitrogen and oxygen atoms in total. The molecule has 0 bridgehead atoms. The van der Waals surface area contributed by atoms with Crippen LogP contribution in [0.4, 0.5) is 5.82 Å². The molecule has 0 fully saturated rings. The van der Waals surface area contributed by atoms with E-state index in [1.807, 2.05) is 12.1 Å². The van der Waals surface area contributed by atoms with Crippen molar-refractivity contribution in [3.8, 4) is 6.07 Å². The topological polar surface area (TPSA) is 55.7 Å². The highest BCUT2D eigenvalue weighted by Gasteiger charge is 2.26. The first-order valence-corrected chi connectivity index (χ1v) is 10.2. The highest BCUT2D eigenvalue weighted by Crippen LogP contribution is 2.28. The van der Waals surface area contributed by atoms with Crippen LogP contribution >= 0.6 is 0 Å². The van der Waals surface area contributed by atoms with Crippen LogP contribution in [0.15, 0.2) is 48.5 Å². The van der Waals surface area contributed by atoms with Crippen LogP contribution in [0.2, 0.25) is 0 Å². The highest BCUT2D eigenvalue weighted by atomic mass is 15.1. The van der Waals surface area contributed by atoms with Crippen LogP contribution in [0.1, 0.15) is 48.1 Å². The zero-order valence-electron chi connectivity index (χ0n) is 17.5. The Morgan fingerprint density at radius 2 is 1.83 bits per heavy atom. The summed E-state index contributed by atoms with van der Waals surface area (Å²) in [4.78, 5) is 3.47. The normalized spacial score (nSPS) is 12.2. The van der Waals surface area contributed by atoms with E-state index in [-0.39, 0.29) is 0 Å². The van der Waals surface area contributed by atoms with Crippen LogP contribution in [0.5, 0.6) is 0 Å². The first-order chi connectivity index (χ1) is 14.0. The molecule has 0 aliphatic rings. The molecule has 2 N–H and O–H groups in total. The van der Waals surface area contributed by atoms with Gasteiger partial charge in [-0.3, -0.25) is 4.98 Å². The summed E-state index contributed by atoms with van der Waals surface area (Å²) in [6, 6.07) is 19.7. The molecule has 0 aliphatic heterocycles. The average Bonchev–Trinajstić information content (AvgIpc) is 3.11. The van der Waals surface area contributed by atoms with Crippen LogP contribution < -0.4 is 9.72 Å². The van der Waals surface area contributed by atoms with E-state index in [0.29, 0.717) is 11.6 Å². The molecule has 0 aliphatic carbocycles. The molecule has 146 valence electrons. The second-order valence-corrected chi connectivity index (χ2v) is 7.88. The molecule has 2 heterocycles. The maximum Gasteiger partial charge on any atom is 0.250 e. The van der Waals surface area contributed by atoms with Crippen molar-refractivity contribution in [2.45, 2.75) is 46.6 Å². The van der Waals surface area contributed by atoms with Crippen molar-refractivity contribution in [1.29, 1.82) is 5.26 Å². The minimum Gasteiger partial charge on any atom is -0.303 e. The lowest BCUT2D eigenvalue weighted by atomic mass is 9.97. The molecule has 0 saturated heterocycles. The second kappa shape index (κ2) is 7.60. The first-order valence-electron chi connectivity index (χ1n) is 10.2. The smallest absolute Gasteiger partial charge is 0.250 e. The number of rotatable bonds is 5. The van der Waals surface area contributed by atoms with Crippen LogP contribution in [0, 0.1) is 25.2 Å². The summed E-state index contributed by atoms with van der Waals surface area (Å²) in [5, 5.41) is 13.7. The summed E-state index contributed by atoms with van der Waals surface area (Å²) in [7, 11) is 0. The Bertz CT molecular complexity index is 1230. The summed E-state index contributed by atoms with van der Waals surface area (Å²) in [6.45, 7) is 8.55. The fraction of sp³-hybridized carbons (Fsp3) is 0.280. The number of nitriles is 1. The molecule has 0 saturated carbocycles. The third-order valence-electron chi connectivity index (χ3n) is 5.80. The SMILES string of the molecule is CC[C@@H](C)Nc1c(Cc2ccc(C)cc2)c(C)c(C#N)c2[nH]c3ccccc3[n+]12. The van der Waals surface area contributed by atoms with Crippen molar-refractivity contribution >= 4 is 22.5 Å². The minimum absolute atomic E-state index is 0.323. The minimum atomic E-state index is 0.323. The Kier molecular flexibility index (Phi) is 4.98. The van der Waals surface area contributed by atoms with Gasteiger partial charge < -0.3 is 5.32 Å². The Labute approximate surface area is 171 Å². The van der Waals surface area contributed by atoms with Gasteiger partial charge in [-0.15, -0.1) is 0 Å². The molecule has 4 rings (SSSR count). The van der Waals surface area contributed by atoms with Crippen molar-refractivity contribution < 1.29 is 4.40 Å². The van der Waals surface area contributed by atoms with Gasteiger partial charge in [-0.25, -0.2) is 0 Å². The fourth-order valence-electron chi connectivity index (χ4n) is 3.88. The van der Waals surface area contributed by atoms with Gasteiger partial charge in [0.25, 0.3) is 0 Å². The number of aromatic nitrogens is 2. The fourth-order valence-corrected chi connectivity index (χ4v) is 3.88. The molecular weight excluding hydrogens is 356 g/mol. The van der Waals surface area contributed by atoms with E-state index in [0.717, 1.165) is 40.9 Å². The van der Waals surface area contributed by atoms with Crippen molar-refractivity contribution in [1.82, 2.24) is 4.98 Å². The number of nitrogens with one attached hydrogen (secondary N) is 2. The van der Waals surface area contributed by atoms with E-state index in [1.54, 1.807) is 0 Å². The molecule has 0 radical (unpaired) electrons. The number of H-pyrrole nitrogens is 1. The van der Waals surface area contributed by atoms with E-state index >= 15 is 0 Å². The van der Waals surface area contributed by atoms with Gasteiger partial charge in [-0.1, -0.05) is 48.9 Å². The molecular formula is C25H27N4+. The van der Waals surface area contributed by atoms with Crippen LogP contribution in [0.25, 0.3) is 16.7 Å². The summed E-state index contributed by atoms with van der Waals surface area (Å²) in [6.07, 6.45) is 1.80. The molecule has 0 unspecified atom stereocenters.